The molecule has 1 aliphatic rings. The lowest BCUT2D eigenvalue weighted by Gasteiger charge is -2.32. The number of aromatic nitrogens is 2. The van der Waals surface area contributed by atoms with Gasteiger partial charge in [0.25, 0.3) is 0 Å². The molecule has 0 spiro atoms. The first-order chi connectivity index (χ1) is 10.2. The number of anilines is 2. The molecule has 0 saturated carbocycles. The molecule has 5 nitrogen and oxygen atoms in total. The minimum absolute atomic E-state index is 0.503. The molecule has 1 aromatic heterocycles. The maximum atomic E-state index is 4.74. The van der Waals surface area contributed by atoms with E-state index in [-0.39, 0.29) is 0 Å². The standard InChI is InChI=1S/C15H26BrN5/c1-4-7-17-15-18-10-13(16)14(19-15)21-9-6-8-20(3)11-12(21)5-2/h10,12H,4-9,11H2,1-3H3,(H,17,18,19). The molecule has 118 valence electrons. The van der Waals surface area contributed by atoms with Crippen LogP contribution in [0.4, 0.5) is 11.8 Å². The summed E-state index contributed by atoms with van der Waals surface area (Å²) in [5.41, 5.74) is 0. The van der Waals surface area contributed by atoms with Crippen molar-refractivity contribution in [3.8, 4) is 0 Å². The number of hydrogen-bond donors (Lipinski definition) is 1. The van der Waals surface area contributed by atoms with Gasteiger partial charge in [-0.2, -0.15) is 4.98 Å². The fourth-order valence-electron chi connectivity index (χ4n) is 2.75. The predicted molar refractivity (Wildman–Crippen MR) is 92.1 cm³/mol. The normalized spacial score (nSPS) is 20.4. The highest BCUT2D eigenvalue weighted by Gasteiger charge is 2.25. The summed E-state index contributed by atoms with van der Waals surface area (Å²) in [6.07, 6.45) is 5.22. The summed E-state index contributed by atoms with van der Waals surface area (Å²) in [5, 5.41) is 3.28. The first kappa shape index (κ1) is 16.5. The Morgan fingerprint density at radius 3 is 2.90 bits per heavy atom. The van der Waals surface area contributed by atoms with Crippen LogP contribution in [0.25, 0.3) is 0 Å². The lowest BCUT2D eigenvalue weighted by atomic mass is 10.2. The molecule has 6 heteroatoms. The Morgan fingerprint density at radius 2 is 2.19 bits per heavy atom. The molecule has 1 aromatic rings. The van der Waals surface area contributed by atoms with Crippen LogP contribution >= 0.6 is 15.9 Å². The van der Waals surface area contributed by atoms with Gasteiger partial charge in [0.1, 0.15) is 5.82 Å². The van der Waals surface area contributed by atoms with Crippen LogP contribution in [0.5, 0.6) is 0 Å². The summed E-state index contributed by atoms with van der Waals surface area (Å²) in [5.74, 6) is 1.74. The Labute approximate surface area is 136 Å². The number of rotatable bonds is 5. The van der Waals surface area contributed by atoms with Gasteiger partial charge in [0, 0.05) is 31.9 Å². The zero-order valence-corrected chi connectivity index (χ0v) is 14.9. The largest absolute Gasteiger partial charge is 0.354 e. The number of hydrogen-bond acceptors (Lipinski definition) is 5. The molecule has 1 aliphatic heterocycles. The highest BCUT2D eigenvalue weighted by Crippen LogP contribution is 2.28. The SMILES string of the molecule is CCCNc1ncc(Br)c(N2CCCN(C)CC2CC)n1. The monoisotopic (exact) mass is 355 g/mol. The van der Waals surface area contributed by atoms with Crippen LogP contribution in [-0.4, -0.2) is 54.1 Å². The molecular formula is C15H26BrN5. The fourth-order valence-corrected chi connectivity index (χ4v) is 3.17. The predicted octanol–water partition coefficient (Wildman–Crippen LogP) is 2.98. The van der Waals surface area contributed by atoms with E-state index in [1.165, 1.54) is 6.42 Å². The minimum Gasteiger partial charge on any atom is -0.354 e. The third-order valence-electron chi connectivity index (χ3n) is 3.90. The summed E-state index contributed by atoms with van der Waals surface area (Å²) in [4.78, 5) is 13.9. The molecule has 0 bridgehead atoms. The van der Waals surface area contributed by atoms with Crippen LogP contribution in [0.1, 0.15) is 33.1 Å². The van der Waals surface area contributed by atoms with Crippen molar-refractivity contribution in [1.82, 2.24) is 14.9 Å². The molecule has 21 heavy (non-hydrogen) atoms. The molecule has 2 rings (SSSR count). The third kappa shape index (κ3) is 4.30. The molecule has 2 heterocycles. The lowest BCUT2D eigenvalue weighted by Crippen LogP contribution is -2.40. The van der Waals surface area contributed by atoms with Crippen molar-refractivity contribution in [2.45, 2.75) is 39.2 Å². The summed E-state index contributed by atoms with van der Waals surface area (Å²) >= 11 is 3.62. The summed E-state index contributed by atoms with van der Waals surface area (Å²) in [6, 6.07) is 0.503. The van der Waals surface area contributed by atoms with Gasteiger partial charge in [0.15, 0.2) is 0 Å². The average Bonchev–Trinajstić information content (AvgIpc) is 2.67. The number of likely N-dealkylation sites (N-methyl/N-ethyl adjacent to an activating group) is 1. The van der Waals surface area contributed by atoms with Gasteiger partial charge in [-0.1, -0.05) is 13.8 Å². The molecule has 1 atom stereocenters. The van der Waals surface area contributed by atoms with Crippen molar-refractivity contribution in [2.24, 2.45) is 0 Å². The Bertz CT molecular complexity index is 454. The van der Waals surface area contributed by atoms with E-state index in [2.05, 4.69) is 56.9 Å². The summed E-state index contributed by atoms with van der Waals surface area (Å²) < 4.78 is 0.979. The molecule has 1 saturated heterocycles. The number of nitrogens with zero attached hydrogens (tertiary/aromatic N) is 4. The van der Waals surface area contributed by atoms with Crippen LogP contribution in [0.3, 0.4) is 0 Å². The topological polar surface area (TPSA) is 44.3 Å². The lowest BCUT2D eigenvalue weighted by molar-refractivity contribution is 0.327. The van der Waals surface area contributed by atoms with Crippen LogP contribution in [-0.2, 0) is 0 Å². The van der Waals surface area contributed by atoms with E-state index < -0.39 is 0 Å². The molecule has 1 fully saturated rings. The van der Waals surface area contributed by atoms with E-state index in [4.69, 9.17) is 4.98 Å². The van der Waals surface area contributed by atoms with Crippen LogP contribution in [0.15, 0.2) is 10.7 Å². The molecule has 0 aliphatic carbocycles. The first-order valence-corrected chi connectivity index (χ1v) is 8.66. The van der Waals surface area contributed by atoms with Crippen molar-refractivity contribution in [2.75, 3.05) is 43.4 Å². The van der Waals surface area contributed by atoms with E-state index in [9.17, 15) is 0 Å². The fraction of sp³-hybridized carbons (Fsp3) is 0.733. The second-order valence-electron chi connectivity index (χ2n) is 5.66. The summed E-state index contributed by atoms with van der Waals surface area (Å²) in [7, 11) is 2.20. The molecule has 1 unspecified atom stereocenters. The Hall–Kier alpha value is -0.880. The molecule has 0 aromatic carbocycles. The molecule has 1 N–H and O–H groups in total. The molecular weight excluding hydrogens is 330 g/mol. The first-order valence-electron chi connectivity index (χ1n) is 7.87. The van der Waals surface area contributed by atoms with Gasteiger partial charge >= 0.3 is 0 Å². The van der Waals surface area contributed by atoms with Gasteiger partial charge in [-0.15, -0.1) is 0 Å². The van der Waals surface area contributed by atoms with Crippen molar-refractivity contribution in [3.05, 3.63) is 10.7 Å². The van der Waals surface area contributed by atoms with E-state index in [1.54, 1.807) is 0 Å². The number of halogens is 1. The Balaban J connectivity index is 2.24. The van der Waals surface area contributed by atoms with Crippen LogP contribution in [0, 0.1) is 0 Å². The molecule has 0 amide bonds. The van der Waals surface area contributed by atoms with Crippen molar-refractivity contribution >= 4 is 27.7 Å². The van der Waals surface area contributed by atoms with Gasteiger partial charge in [0.2, 0.25) is 5.95 Å². The maximum absolute atomic E-state index is 4.74. The van der Waals surface area contributed by atoms with Gasteiger partial charge in [0.05, 0.1) is 4.47 Å². The van der Waals surface area contributed by atoms with Gasteiger partial charge in [-0.3, -0.25) is 0 Å². The van der Waals surface area contributed by atoms with Crippen LogP contribution in [0.2, 0.25) is 0 Å². The Kier molecular flexibility index (Phi) is 6.23. The van der Waals surface area contributed by atoms with Gasteiger partial charge in [-0.05, 0) is 48.8 Å². The quantitative estimate of drug-likeness (QED) is 0.879. The summed E-state index contributed by atoms with van der Waals surface area (Å²) in [6.45, 7) is 8.58. The van der Waals surface area contributed by atoms with Gasteiger partial charge in [-0.25, -0.2) is 4.98 Å². The number of nitrogens with one attached hydrogen (secondary N) is 1. The second-order valence-corrected chi connectivity index (χ2v) is 6.52. The third-order valence-corrected chi connectivity index (χ3v) is 4.46. The Morgan fingerprint density at radius 1 is 1.38 bits per heavy atom. The van der Waals surface area contributed by atoms with Crippen molar-refractivity contribution in [1.29, 1.82) is 0 Å². The average molecular weight is 356 g/mol. The highest BCUT2D eigenvalue weighted by atomic mass is 79.9. The van der Waals surface area contributed by atoms with Crippen molar-refractivity contribution < 1.29 is 0 Å². The van der Waals surface area contributed by atoms with E-state index >= 15 is 0 Å². The smallest absolute Gasteiger partial charge is 0.224 e. The van der Waals surface area contributed by atoms with E-state index in [0.29, 0.717) is 6.04 Å². The van der Waals surface area contributed by atoms with Gasteiger partial charge < -0.3 is 15.1 Å². The maximum Gasteiger partial charge on any atom is 0.224 e. The zero-order valence-electron chi connectivity index (χ0n) is 13.3. The minimum atomic E-state index is 0.503. The molecule has 0 radical (unpaired) electrons. The zero-order chi connectivity index (χ0) is 15.2. The van der Waals surface area contributed by atoms with Crippen LogP contribution < -0.4 is 10.2 Å². The van der Waals surface area contributed by atoms with E-state index in [1.807, 2.05) is 6.20 Å². The van der Waals surface area contributed by atoms with E-state index in [0.717, 1.165) is 55.3 Å². The van der Waals surface area contributed by atoms with Crippen molar-refractivity contribution in [3.63, 3.8) is 0 Å². The highest BCUT2D eigenvalue weighted by molar-refractivity contribution is 9.10. The second kappa shape index (κ2) is 7.94.